The first-order valence-electron chi connectivity index (χ1n) is 7.36. The van der Waals surface area contributed by atoms with Gasteiger partial charge in [-0.3, -0.25) is 14.0 Å². The molecule has 6 heteroatoms. The summed E-state index contributed by atoms with van der Waals surface area (Å²) in [5, 5.41) is 3.63. The first-order valence-corrected chi connectivity index (χ1v) is 7.36. The van der Waals surface area contributed by atoms with E-state index in [0.717, 1.165) is 10.9 Å². The van der Waals surface area contributed by atoms with Gasteiger partial charge in [-0.25, -0.2) is 9.97 Å². The van der Waals surface area contributed by atoms with Gasteiger partial charge in [0.05, 0.1) is 5.52 Å². The van der Waals surface area contributed by atoms with Gasteiger partial charge in [-0.2, -0.15) is 0 Å². The van der Waals surface area contributed by atoms with Gasteiger partial charge >= 0.3 is 0 Å². The van der Waals surface area contributed by atoms with E-state index in [-0.39, 0.29) is 5.56 Å². The number of rotatable bonds is 2. The summed E-state index contributed by atoms with van der Waals surface area (Å²) in [6.45, 7) is 0. The van der Waals surface area contributed by atoms with Gasteiger partial charge in [-0.1, -0.05) is 24.3 Å². The molecule has 0 unspecified atom stereocenters. The van der Waals surface area contributed by atoms with Crippen molar-refractivity contribution in [3.8, 4) is 0 Å². The Balaban J connectivity index is 1.70. The van der Waals surface area contributed by atoms with E-state index in [1.54, 1.807) is 30.5 Å². The summed E-state index contributed by atoms with van der Waals surface area (Å²) in [6.07, 6.45) is 2.86. The second-order valence-corrected chi connectivity index (χ2v) is 5.25. The van der Waals surface area contributed by atoms with Crippen LogP contribution in [-0.2, 0) is 0 Å². The van der Waals surface area contributed by atoms with Crippen LogP contribution >= 0.6 is 0 Å². The average molecular weight is 316 g/mol. The number of nitrogens with zero attached hydrogens (tertiary/aromatic N) is 3. The predicted molar refractivity (Wildman–Crippen MR) is 91.2 cm³/mol. The number of amides is 1. The number of benzene rings is 1. The second-order valence-electron chi connectivity index (χ2n) is 5.25. The fourth-order valence-corrected chi connectivity index (χ4v) is 2.50. The van der Waals surface area contributed by atoms with Crippen LogP contribution in [0.5, 0.6) is 0 Å². The van der Waals surface area contributed by atoms with Gasteiger partial charge in [0.15, 0.2) is 0 Å². The van der Waals surface area contributed by atoms with Gasteiger partial charge in [0, 0.05) is 17.8 Å². The highest BCUT2D eigenvalue weighted by Crippen LogP contribution is 2.14. The topological polar surface area (TPSA) is 76.4 Å². The molecule has 0 atom stereocenters. The van der Waals surface area contributed by atoms with Crippen molar-refractivity contribution >= 4 is 28.3 Å². The Hall–Kier alpha value is -3.54. The number of hydrogen-bond acceptors (Lipinski definition) is 4. The molecular formula is C18H12N4O2. The lowest BCUT2D eigenvalue weighted by molar-refractivity contribution is 0.102. The first kappa shape index (κ1) is 14.1. The minimum absolute atomic E-state index is 0.0336. The molecule has 1 N–H and O–H groups in total. The molecule has 0 bridgehead atoms. The number of anilines is 1. The van der Waals surface area contributed by atoms with Crippen LogP contribution in [0.1, 0.15) is 10.4 Å². The molecule has 0 spiro atoms. The Labute approximate surface area is 136 Å². The molecule has 116 valence electrons. The maximum Gasteiger partial charge on any atom is 0.270 e. The summed E-state index contributed by atoms with van der Waals surface area (Å²) in [4.78, 5) is 33.3. The zero-order chi connectivity index (χ0) is 16.5. The molecule has 0 aliphatic heterocycles. The number of fused-ring (bicyclic) bond motifs is 2. The van der Waals surface area contributed by atoms with Gasteiger partial charge in [0.25, 0.3) is 11.5 Å². The third-order valence-electron chi connectivity index (χ3n) is 3.70. The normalized spacial score (nSPS) is 10.8. The lowest BCUT2D eigenvalue weighted by Gasteiger charge is -2.06. The van der Waals surface area contributed by atoms with Crippen molar-refractivity contribution in [3.05, 3.63) is 82.9 Å². The number of carbonyl (C=O) groups excluding carboxylic acids is 1. The van der Waals surface area contributed by atoms with Gasteiger partial charge < -0.3 is 5.32 Å². The molecule has 1 aromatic carbocycles. The number of pyridine rings is 2. The fraction of sp³-hybridized carbons (Fsp3) is 0. The third-order valence-corrected chi connectivity index (χ3v) is 3.70. The standard InChI is InChI=1S/C18H12N4O2/c23-17(13-11-19-16-7-3-4-10-22(16)18(13)24)21-15-9-8-12-5-1-2-6-14(12)20-15/h1-11H,(H,20,21,23). The maximum absolute atomic E-state index is 12.4. The molecule has 3 heterocycles. The van der Waals surface area contributed by atoms with Gasteiger partial charge in [-0.05, 0) is 30.3 Å². The number of aromatic nitrogens is 3. The second kappa shape index (κ2) is 5.58. The Kier molecular flexibility index (Phi) is 3.28. The van der Waals surface area contributed by atoms with Crippen molar-refractivity contribution < 1.29 is 4.79 Å². The Morgan fingerprint density at radius 2 is 1.83 bits per heavy atom. The van der Waals surface area contributed by atoms with E-state index < -0.39 is 11.5 Å². The number of nitrogens with one attached hydrogen (secondary N) is 1. The van der Waals surface area contributed by atoms with Crippen LogP contribution in [0.15, 0.2) is 71.8 Å². The van der Waals surface area contributed by atoms with Crippen LogP contribution in [0.25, 0.3) is 16.6 Å². The number of hydrogen-bond donors (Lipinski definition) is 1. The van der Waals surface area contributed by atoms with Crippen LogP contribution in [0.2, 0.25) is 0 Å². The van der Waals surface area contributed by atoms with Gasteiger partial charge in [0.2, 0.25) is 0 Å². The van der Waals surface area contributed by atoms with Crippen molar-refractivity contribution in [2.24, 2.45) is 0 Å². The molecule has 24 heavy (non-hydrogen) atoms. The molecular weight excluding hydrogens is 304 g/mol. The molecule has 4 aromatic rings. The SMILES string of the molecule is O=C(Nc1ccc2ccccc2n1)c1cnc2ccccn2c1=O. The molecule has 0 saturated carbocycles. The first-order chi connectivity index (χ1) is 11.7. The van der Waals surface area contributed by atoms with Crippen LogP contribution in [0.3, 0.4) is 0 Å². The predicted octanol–water partition coefficient (Wildman–Crippen LogP) is 2.50. The van der Waals surface area contributed by atoms with Crippen LogP contribution in [0.4, 0.5) is 5.82 Å². The number of para-hydroxylation sites is 1. The molecule has 0 radical (unpaired) electrons. The Morgan fingerprint density at radius 3 is 2.75 bits per heavy atom. The lowest BCUT2D eigenvalue weighted by Crippen LogP contribution is -2.26. The summed E-state index contributed by atoms with van der Waals surface area (Å²) < 4.78 is 1.34. The molecule has 0 fully saturated rings. The van der Waals surface area contributed by atoms with E-state index >= 15 is 0 Å². The quantitative estimate of drug-likeness (QED) is 0.616. The molecule has 0 aliphatic carbocycles. The highest BCUT2D eigenvalue weighted by atomic mass is 16.2. The van der Waals surface area contributed by atoms with E-state index in [1.165, 1.54) is 10.6 Å². The summed E-state index contributed by atoms with van der Waals surface area (Å²) in [7, 11) is 0. The Morgan fingerprint density at radius 1 is 1.00 bits per heavy atom. The minimum Gasteiger partial charge on any atom is -0.306 e. The fourth-order valence-electron chi connectivity index (χ4n) is 2.50. The molecule has 3 aromatic heterocycles. The molecule has 6 nitrogen and oxygen atoms in total. The summed E-state index contributed by atoms with van der Waals surface area (Å²) in [6, 6.07) is 16.3. The average Bonchev–Trinajstić information content (AvgIpc) is 2.62. The van der Waals surface area contributed by atoms with E-state index in [1.807, 2.05) is 30.3 Å². The minimum atomic E-state index is -0.534. The van der Waals surface area contributed by atoms with Gasteiger partial charge in [0.1, 0.15) is 17.0 Å². The Bertz CT molecular complexity index is 1130. The zero-order valence-corrected chi connectivity index (χ0v) is 12.5. The van der Waals surface area contributed by atoms with Crippen molar-refractivity contribution in [1.82, 2.24) is 14.4 Å². The van der Waals surface area contributed by atoms with Crippen molar-refractivity contribution in [2.75, 3.05) is 5.32 Å². The molecule has 4 rings (SSSR count). The van der Waals surface area contributed by atoms with Gasteiger partial charge in [-0.15, -0.1) is 0 Å². The molecule has 1 amide bonds. The van der Waals surface area contributed by atoms with Crippen molar-refractivity contribution in [3.63, 3.8) is 0 Å². The van der Waals surface area contributed by atoms with E-state index in [9.17, 15) is 9.59 Å². The highest BCUT2D eigenvalue weighted by molar-refractivity contribution is 6.03. The van der Waals surface area contributed by atoms with Crippen molar-refractivity contribution in [1.29, 1.82) is 0 Å². The van der Waals surface area contributed by atoms with Crippen LogP contribution in [0, 0.1) is 0 Å². The highest BCUT2D eigenvalue weighted by Gasteiger charge is 2.14. The van der Waals surface area contributed by atoms with E-state index in [4.69, 9.17) is 0 Å². The lowest BCUT2D eigenvalue weighted by atomic mass is 10.2. The largest absolute Gasteiger partial charge is 0.306 e. The smallest absolute Gasteiger partial charge is 0.270 e. The zero-order valence-electron chi connectivity index (χ0n) is 12.5. The summed E-state index contributed by atoms with van der Waals surface area (Å²) >= 11 is 0. The van der Waals surface area contributed by atoms with Crippen LogP contribution in [-0.4, -0.2) is 20.3 Å². The van der Waals surface area contributed by atoms with E-state index in [2.05, 4.69) is 15.3 Å². The molecule has 0 aliphatic rings. The maximum atomic E-state index is 12.4. The summed E-state index contributed by atoms with van der Waals surface area (Å²) in [5.74, 6) is -0.148. The number of carbonyl (C=O) groups is 1. The van der Waals surface area contributed by atoms with Crippen molar-refractivity contribution in [2.45, 2.75) is 0 Å². The van der Waals surface area contributed by atoms with Crippen LogP contribution < -0.4 is 10.9 Å². The van der Waals surface area contributed by atoms with E-state index in [0.29, 0.717) is 11.5 Å². The summed E-state index contributed by atoms with van der Waals surface area (Å²) in [5.41, 5.74) is 0.805. The molecule has 0 saturated heterocycles. The monoisotopic (exact) mass is 316 g/mol. The third kappa shape index (κ3) is 2.40.